The van der Waals surface area contributed by atoms with Crippen LogP contribution in [0, 0.1) is 23.3 Å². The largest absolute Gasteiger partial charge is 0.333 e. The average molecular weight is 1050 g/mol. The molecule has 0 amide bonds. The SMILES string of the molecule is CC(C)Cc1cc(-c2[c-]cccc2)ncc1[Si](C)(C)C.CC(C)c1cc(-c2ccccc2)cc(C(C)C)c1-n1c(-c2[c-]sc3ccc(C(F)(F)C(C)C)cc23)nc2ccccc21.[Ir]. The third-order valence-corrected chi connectivity index (χ3v) is 14.5. The second-order valence-corrected chi connectivity index (χ2v) is 24.7. The first-order valence-electron chi connectivity index (χ1n) is 22.0. The first-order chi connectivity index (χ1) is 29.4. The van der Waals surface area contributed by atoms with Gasteiger partial charge in [0.15, 0.2) is 0 Å². The van der Waals surface area contributed by atoms with Crippen LogP contribution in [0.25, 0.3) is 60.6 Å². The van der Waals surface area contributed by atoms with Gasteiger partial charge in [0.25, 0.3) is 5.92 Å². The maximum Gasteiger partial charge on any atom is 0.274 e. The number of para-hydroxylation sites is 2. The molecule has 0 bridgehead atoms. The second kappa shape index (κ2) is 19.7. The quantitative estimate of drug-likeness (QED) is 0.0955. The smallest absolute Gasteiger partial charge is 0.274 e. The second-order valence-electron chi connectivity index (χ2n) is 18.9. The molecule has 63 heavy (non-hydrogen) atoms. The molecule has 0 atom stereocenters. The third kappa shape index (κ3) is 10.2. The summed E-state index contributed by atoms with van der Waals surface area (Å²) < 4.78 is 33.6. The molecule has 3 heterocycles. The zero-order chi connectivity index (χ0) is 44.5. The van der Waals surface area contributed by atoms with Crippen LogP contribution in [-0.2, 0) is 32.4 Å². The molecule has 0 unspecified atom stereocenters. The van der Waals surface area contributed by atoms with Gasteiger partial charge in [0, 0.05) is 43.5 Å². The molecule has 0 aliphatic heterocycles. The maximum absolute atomic E-state index is 15.2. The van der Waals surface area contributed by atoms with E-state index in [1.54, 1.807) is 32.0 Å². The minimum atomic E-state index is -2.93. The first-order valence-corrected chi connectivity index (χ1v) is 26.3. The van der Waals surface area contributed by atoms with Crippen molar-refractivity contribution in [3.63, 3.8) is 0 Å². The summed E-state index contributed by atoms with van der Waals surface area (Å²) in [5.74, 6) is -1.89. The molecular formula is C55H59F2IrN3SSi-2. The van der Waals surface area contributed by atoms with E-state index >= 15 is 8.78 Å². The van der Waals surface area contributed by atoms with Gasteiger partial charge in [-0.2, -0.15) is 0 Å². The Morgan fingerprint density at radius 1 is 0.746 bits per heavy atom. The van der Waals surface area contributed by atoms with Crippen molar-refractivity contribution in [1.29, 1.82) is 0 Å². The average Bonchev–Trinajstić information content (AvgIpc) is 3.84. The number of nitrogens with zero attached hydrogens (tertiary/aromatic N) is 3. The van der Waals surface area contributed by atoms with Crippen LogP contribution in [0.1, 0.15) is 89.5 Å². The van der Waals surface area contributed by atoms with E-state index in [0.29, 0.717) is 5.92 Å². The number of halogens is 2. The van der Waals surface area contributed by atoms with Gasteiger partial charge in [0.1, 0.15) is 0 Å². The monoisotopic (exact) mass is 1050 g/mol. The van der Waals surface area contributed by atoms with Gasteiger partial charge in [-0.1, -0.05) is 163 Å². The molecule has 8 rings (SSSR count). The number of hydrogen-bond acceptors (Lipinski definition) is 3. The van der Waals surface area contributed by atoms with Crippen LogP contribution in [0.5, 0.6) is 0 Å². The van der Waals surface area contributed by atoms with Crippen molar-refractivity contribution in [3.8, 4) is 39.5 Å². The van der Waals surface area contributed by atoms with Gasteiger partial charge in [-0.3, -0.25) is 16.3 Å². The van der Waals surface area contributed by atoms with Crippen molar-refractivity contribution in [3.05, 3.63) is 155 Å². The van der Waals surface area contributed by atoms with Crippen LogP contribution < -0.4 is 5.19 Å². The van der Waals surface area contributed by atoms with Crippen molar-refractivity contribution >= 4 is 45.7 Å². The molecule has 0 aliphatic rings. The van der Waals surface area contributed by atoms with Gasteiger partial charge >= 0.3 is 0 Å². The summed E-state index contributed by atoms with van der Waals surface area (Å²) in [4.78, 5) is 9.83. The van der Waals surface area contributed by atoms with Gasteiger partial charge in [-0.25, -0.2) is 8.78 Å². The number of imidazole rings is 1. The molecular weight excluding hydrogens is 993 g/mol. The Balaban J connectivity index is 0.000000265. The normalized spacial score (nSPS) is 12.1. The number of rotatable bonds is 11. The molecule has 3 aromatic heterocycles. The molecule has 0 saturated carbocycles. The molecule has 0 saturated heterocycles. The summed E-state index contributed by atoms with van der Waals surface area (Å²) in [6, 6.07) is 41.8. The van der Waals surface area contributed by atoms with Crippen molar-refractivity contribution in [1.82, 2.24) is 14.5 Å². The number of aromatic nitrogens is 3. The van der Waals surface area contributed by atoms with Crippen LogP contribution in [0.3, 0.4) is 0 Å². The van der Waals surface area contributed by atoms with Crippen LogP contribution in [-0.4, -0.2) is 22.6 Å². The van der Waals surface area contributed by atoms with E-state index in [2.05, 4.69) is 143 Å². The van der Waals surface area contributed by atoms with E-state index in [9.17, 15) is 0 Å². The summed E-state index contributed by atoms with van der Waals surface area (Å²) in [6.07, 6.45) is 3.24. The standard InChI is InChI=1S/C37H35F2N2S.C18H24NSi.Ir/c1-22(2)28-18-26(25-12-8-7-9-13-25)19-29(23(3)4)35(28)41-33-15-11-10-14-32(33)40-36(41)31-21-42-34-17-16-27(20-30(31)34)37(38,39)24(5)6;1-14(2)11-16-12-17(15-9-7-6-8-10-15)19-13-18(16)20(3,4)5;/h7-20,22-24H,1-6H3;6-9,12-14H,11H2,1-5H3;/q2*-1;. The molecule has 8 heteroatoms. The third-order valence-electron chi connectivity index (χ3n) is 11.6. The number of alkyl halides is 2. The first kappa shape index (κ1) is 47.9. The summed E-state index contributed by atoms with van der Waals surface area (Å²) in [5.41, 5.74) is 12.1. The predicted molar refractivity (Wildman–Crippen MR) is 263 cm³/mol. The van der Waals surface area contributed by atoms with Crippen molar-refractivity contribution in [2.75, 3.05) is 0 Å². The fourth-order valence-electron chi connectivity index (χ4n) is 8.20. The number of pyridine rings is 1. The molecule has 329 valence electrons. The topological polar surface area (TPSA) is 30.7 Å². The Labute approximate surface area is 392 Å². The summed E-state index contributed by atoms with van der Waals surface area (Å²) in [6.45, 7) is 23.8. The minimum absolute atomic E-state index is 0. The summed E-state index contributed by atoms with van der Waals surface area (Å²) in [7, 11) is -1.34. The zero-order valence-corrected chi connectivity index (χ0v) is 42.6. The molecule has 1 radical (unpaired) electrons. The Kier molecular flexibility index (Phi) is 14.9. The molecule has 0 aliphatic carbocycles. The molecule has 3 nitrogen and oxygen atoms in total. The molecule has 0 spiro atoms. The van der Waals surface area contributed by atoms with Crippen LogP contribution in [0.2, 0.25) is 19.6 Å². The molecule has 5 aromatic carbocycles. The Bertz CT molecular complexity index is 2770. The van der Waals surface area contributed by atoms with E-state index < -0.39 is 19.9 Å². The Morgan fingerprint density at radius 2 is 1.40 bits per heavy atom. The number of fused-ring (bicyclic) bond motifs is 2. The fourth-order valence-corrected chi connectivity index (χ4v) is 10.6. The Hall–Kier alpha value is -4.59. The van der Waals surface area contributed by atoms with Crippen molar-refractivity contribution in [2.24, 2.45) is 11.8 Å². The molecule has 0 N–H and O–H groups in total. The van der Waals surface area contributed by atoms with Gasteiger partial charge in [-0.05, 0) is 81.6 Å². The van der Waals surface area contributed by atoms with Crippen LogP contribution >= 0.6 is 11.3 Å². The fraction of sp³-hybridized carbons (Fsp3) is 0.309. The van der Waals surface area contributed by atoms with Crippen LogP contribution in [0.4, 0.5) is 8.78 Å². The number of benzene rings is 5. The molecule has 0 fully saturated rings. The van der Waals surface area contributed by atoms with Crippen molar-refractivity contribution < 1.29 is 28.9 Å². The van der Waals surface area contributed by atoms with E-state index in [4.69, 9.17) is 4.98 Å². The Morgan fingerprint density at radius 3 is 2.00 bits per heavy atom. The van der Waals surface area contributed by atoms with Gasteiger partial charge in [0.2, 0.25) is 0 Å². The summed E-state index contributed by atoms with van der Waals surface area (Å²) in [5, 5.41) is 5.71. The van der Waals surface area contributed by atoms with E-state index in [0.717, 1.165) is 55.9 Å². The zero-order valence-electron chi connectivity index (χ0n) is 38.4. The maximum atomic E-state index is 15.2. The number of hydrogen-bond donors (Lipinski definition) is 0. The molecule has 8 aromatic rings. The van der Waals surface area contributed by atoms with Gasteiger partial charge < -0.3 is 9.55 Å². The van der Waals surface area contributed by atoms with E-state index in [1.807, 2.05) is 42.5 Å². The number of thiophene rings is 1. The van der Waals surface area contributed by atoms with Crippen molar-refractivity contribution in [2.45, 2.75) is 99.2 Å². The van der Waals surface area contributed by atoms with Crippen LogP contribution in [0.15, 0.2) is 121 Å². The van der Waals surface area contributed by atoms with E-state index in [-0.39, 0.29) is 37.5 Å². The summed E-state index contributed by atoms with van der Waals surface area (Å²) >= 11 is 1.45. The predicted octanol–water partition coefficient (Wildman–Crippen LogP) is 15.7. The van der Waals surface area contributed by atoms with Gasteiger partial charge in [0.05, 0.1) is 24.9 Å². The van der Waals surface area contributed by atoms with Gasteiger partial charge in [-0.15, -0.1) is 41.3 Å². The minimum Gasteiger partial charge on any atom is -0.333 e. The van der Waals surface area contributed by atoms with E-state index in [1.165, 1.54) is 44.3 Å².